The van der Waals surface area contributed by atoms with Gasteiger partial charge in [0.2, 0.25) is 0 Å². The molecule has 0 saturated carbocycles. The molecule has 0 spiro atoms. The van der Waals surface area contributed by atoms with Gasteiger partial charge in [-0.05, 0) is 5.92 Å². The van der Waals surface area contributed by atoms with Crippen molar-refractivity contribution in [3.8, 4) is 0 Å². The third-order valence-electron chi connectivity index (χ3n) is 1.92. The molecule has 0 rings (SSSR count). The average Bonchev–Trinajstić information content (AvgIpc) is 1.97. The van der Waals surface area contributed by atoms with E-state index < -0.39 is 17.9 Å². The lowest BCUT2D eigenvalue weighted by molar-refractivity contribution is -0.138. The summed E-state index contributed by atoms with van der Waals surface area (Å²) < 4.78 is 0. The van der Waals surface area contributed by atoms with Crippen LogP contribution < -0.4 is 0 Å². The van der Waals surface area contributed by atoms with E-state index in [1.54, 1.807) is 13.8 Å². The van der Waals surface area contributed by atoms with Crippen LogP contribution in [0.5, 0.6) is 0 Å². The van der Waals surface area contributed by atoms with Gasteiger partial charge in [0.15, 0.2) is 0 Å². The van der Waals surface area contributed by atoms with E-state index in [-0.39, 0.29) is 17.9 Å². The number of rotatable bonds is 5. The lowest BCUT2D eigenvalue weighted by Crippen LogP contribution is -2.20. The first-order valence-electron chi connectivity index (χ1n) is 4.00. The number of hydrogen-bond donors (Lipinski definition) is 2. The maximum absolute atomic E-state index is 10.5. The third-order valence-corrected chi connectivity index (χ3v) is 1.92. The molecule has 1 unspecified atom stereocenters. The van der Waals surface area contributed by atoms with E-state index in [1.807, 2.05) is 0 Å². The Morgan fingerprint density at radius 3 is 2.00 bits per heavy atom. The van der Waals surface area contributed by atoms with Crippen LogP contribution >= 0.6 is 0 Å². The molecule has 4 nitrogen and oxygen atoms in total. The molecular weight excluding hydrogens is 172 g/mol. The molecule has 0 aromatic carbocycles. The highest BCUT2D eigenvalue weighted by Gasteiger charge is 2.24. The maximum Gasteiger partial charge on any atom is 0.331 e. The summed E-state index contributed by atoms with van der Waals surface area (Å²) in [6, 6.07) is 0. The molecule has 1 atom stereocenters. The Labute approximate surface area is 76.9 Å². The van der Waals surface area contributed by atoms with Crippen molar-refractivity contribution < 1.29 is 19.8 Å². The molecule has 0 amide bonds. The lowest BCUT2D eigenvalue weighted by atomic mass is 9.86. The van der Waals surface area contributed by atoms with E-state index in [0.29, 0.717) is 0 Å². The van der Waals surface area contributed by atoms with Gasteiger partial charge in [-0.15, -0.1) is 0 Å². The van der Waals surface area contributed by atoms with Gasteiger partial charge in [-0.2, -0.15) is 0 Å². The Hall–Kier alpha value is -1.32. The second-order valence-electron chi connectivity index (χ2n) is 3.28. The highest BCUT2D eigenvalue weighted by Crippen LogP contribution is 2.22. The Bertz CT molecular complexity index is 230. The van der Waals surface area contributed by atoms with Crippen LogP contribution in [0.3, 0.4) is 0 Å². The Balaban J connectivity index is 4.51. The summed E-state index contributed by atoms with van der Waals surface area (Å²) in [5.74, 6) is -2.64. The smallest absolute Gasteiger partial charge is 0.331 e. The van der Waals surface area contributed by atoms with E-state index >= 15 is 0 Å². The van der Waals surface area contributed by atoms with Gasteiger partial charge in [0, 0.05) is 11.5 Å². The van der Waals surface area contributed by atoms with Gasteiger partial charge in [0.05, 0.1) is 6.42 Å². The van der Waals surface area contributed by atoms with Gasteiger partial charge in [-0.25, -0.2) is 4.79 Å². The Kier molecular flexibility index (Phi) is 4.17. The summed E-state index contributed by atoms with van der Waals surface area (Å²) in [5.41, 5.74) is -0.0302. The Morgan fingerprint density at radius 1 is 1.31 bits per heavy atom. The standard InChI is InChI=1S/C9H14O4/c1-5(2)7(4-8(10)11)6(3)9(12)13/h5,7H,3-4H2,1-2H3,(H,10,11)(H,12,13). The van der Waals surface area contributed by atoms with Gasteiger partial charge in [0.1, 0.15) is 0 Å². The minimum absolute atomic E-state index is 0.0281. The van der Waals surface area contributed by atoms with Gasteiger partial charge in [-0.1, -0.05) is 20.4 Å². The molecule has 0 fully saturated rings. The molecule has 13 heavy (non-hydrogen) atoms. The fourth-order valence-corrected chi connectivity index (χ4v) is 1.11. The van der Waals surface area contributed by atoms with E-state index in [1.165, 1.54) is 0 Å². The summed E-state index contributed by atoms with van der Waals surface area (Å²) >= 11 is 0. The predicted molar refractivity (Wildman–Crippen MR) is 47.4 cm³/mol. The zero-order valence-corrected chi connectivity index (χ0v) is 7.78. The maximum atomic E-state index is 10.5. The molecule has 0 aromatic heterocycles. The average molecular weight is 186 g/mol. The first-order chi connectivity index (χ1) is 5.86. The van der Waals surface area contributed by atoms with E-state index in [0.717, 1.165) is 0 Å². The van der Waals surface area contributed by atoms with E-state index in [4.69, 9.17) is 10.2 Å². The van der Waals surface area contributed by atoms with Crippen LogP contribution in [0.4, 0.5) is 0 Å². The SMILES string of the molecule is C=C(C(=O)O)C(CC(=O)O)C(C)C. The van der Waals surface area contributed by atoms with Crippen LogP contribution in [0.25, 0.3) is 0 Å². The van der Waals surface area contributed by atoms with Crippen molar-refractivity contribution in [1.29, 1.82) is 0 Å². The van der Waals surface area contributed by atoms with Crippen molar-refractivity contribution >= 4 is 11.9 Å². The summed E-state index contributed by atoms with van der Waals surface area (Å²) in [7, 11) is 0. The molecule has 0 saturated heterocycles. The van der Waals surface area contributed by atoms with Crippen LogP contribution in [0, 0.1) is 11.8 Å². The van der Waals surface area contributed by atoms with Crippen LogP contribution in [0.15, 0.2) is 12.2 Å². The zero-order chi connectivity index (χ0) is 10.6. The molecule has 4 heteroatoms. The summed E-state index contributed by atoms with van der Waals surface area (Å²) in [6.07, 6.45) is -0.178. The first kappa shape index (κ1) is 11.7. The van der Waals surface area contributed by atoms with Crippen LogP contribution in [0.1, 0.15) is 20.3 Å². The number of carbonyl (C=O) groups is 2. The number of carboxylic acids is 2. The minimum Gasteiger partial charge on any atom is -0.481 e. The minimum atomic E-state index is -1.13. The molecular formula is C9H14O4. The summed E-state index contributed by atoms with van der Waals surface area (Å²) in [5, 5.41) is 17.2. The molecule has 0 aliphatic rings. The highest BCUT2D eigenvalue weighted by molar-refractivity contribution is 5.87. The topological polar surface area (TPSA) is 74.6 Å². The van der Waals surface area contributed by atoms with Crippen molar-refractivity contribution in [1.82, 2.24) is 0 Å². The van der Waals surface area contributed by atoms with Crippen LogP contribution in [-0.4, -0.2) is 22.2 Å². The summed E-state index contributed by atoms with van der Waals surface area (Å²) in [6.45, 7) is 6.92. The van der Waals surface area contributed by atoms with Gasteiger partial charge in [-0.3, -0.25) is 4.79 Å². The van der Waals surface area contributed by atoms with E-state index in [9.17, 15) is 9.59 Å². The van der Waals surface area contributed by atoms with Gasteiger partial charge >= 0.3 is 11.9 Å². The van der Waals surface area contributed by atoms with Gasteiger partial charge in [0.25, 0.3) is 0 Å². The zero-order valence-electron chi connectivity index (χ0n) is 7.78. The molecule has 0 radical (unpaired) electrons. The van der Waals surface area contributed by atoms with Crippen LogP contribution in [0.2, 0.25) is 0 Å². The molecule has 0 aliphatic heterocycles. The summed E-state index contributed by atoms with van der Waals surface area (Å²) in [4.78, 5) is 20.9. The van der Waals surface area contributed by atoms with Crippen molar-refractivity contribution in [2.24, 2.45) is 11.8 Å². The normalized spacial score (nSPS) is 12.5. The molecule has 74 valence electrons. The molecule has 0 bridgehead atoms. The molecule has 0 heterocycles. The second kappa shape index (κ2) is 4.64. The number of hydrogen-bond acceptors (Lipinski definition) is 2. The van der Waals surface area contributed by atoms with Crippen LogP contribution in [-0.2, 0) is 9.59 Å². The third kappa shape index (κ3) is 3.73. The van der Waals surface area contributed by atoms with Crippen molar-refractivity contribution in [2.75, 3.05) is 0 Å². The molecule has 2 N–H and O–H groups in total. The molecule has 0 aliphatic carbocycles. The van der Waals surface area contributed by atoms with Crippen molar-refractivity contribution in [3.05, 3.63) is 12.2 Å². The monoisotopic (exact) mass is 186 g/mol. The van der Waals surface area contributed by atoms with Crippen molar-refractivity contribution in [2.45, 2.75) is 20.3 Å². The second-order valence-corrected chi connectivity index (χ2v) is 3.28. The number of carboxylic acid groups (broad SMARTS) is 2. The Morgan fingerprint density at radius 2 is 1.77 bits per heavy atom. The fourth-order valence-electron chi connectivity index (χ4n) is 1.11. The van der Waals surface area contributed by atoms with Crippen molar-refractivity contribution in [3.63, 3.8) is 0 Å². The van der Waals surface area contributed by atoms with Gasteiger partial charge < -0.3 is 10.2 Å². The quantitative estimate of drug-likeness (QED) is 0.636. The fraction of sp³-hybridized carbons (Fsp3) is 0.556. The van der Waals surface area contributed by atoms with E-state index in [2.05, 4.69) is 6.58 Å². The first-order valence-corrected chi connectivity index (χ1v) is 4.00. The number of aliphatic carboxylic acids is 2. The largest absolute Gasteiger partial charge is 0.481 e. The lowest BCUT2D eigenvalue weighted by Gasteiger charge is -2.18. The predicted octanol–water partition coefficient (Wildman–Crippen LogP) is 1.37. The molecule has 0 aromatic rings. The highest BCUT2D eigenvalue weighted by atomic mass is 16.4.